The average molecular weight is 286 g/mol. The van der Waals surface area contributed by atoms with Crippen molar-refractivity contribution in [3.63, 3.8) is 0 Å². The number of ether oxygens (including phenoxy) is 1. The van der Waals surface area contributed by atoms with Gasteiger partial charge in [-0.1, -0.05) is 6.07 Å². The van der Waals surface area contributed by atoms with Crippen LogP contribution in [0.3, 0.4) is 0 Å². The molecule has 0 amide bonds. The first kappa shape index (κ1) is 13.8. The molecule has 1 aliphatic heterocycles. The molecular formula is C14H18N6O. The Labute approximate surface area is 123 Å². The fraction of sp³-hybridized carbons (Fsp3) is 0.429. The first-order valence-electron chi connectivity index (χ1n) is 7.01. The van der Waals surface area contributed by atoms with Crippen LogP contribution in [0.25, 0.3) is 0 Å². The van der Waals surface area contributed by atoms with Gasteiger partial charge >= 0.3 is 0 Å². The summed E-state index contributed by atoms with van der Waals surface area (Å²) in [6, 6.07) is 4.29. The number of nitrogens with zero attached hydrogens (tertiary/aromatic N) is 5. The van der Waals surface area contributed by atoms with Gasteiger partial charge < -0.3 is 10.1 Å². The van der Waals surface area contributed by atoms with Crippen molar-refractivity contribution in [2.75, 3.05) is 38.2 Å². The number of aromatic nitrogens is 4. The maximum atomic E-state index is 5.44. The van der Waals surface area contributed by atoms with Gasteiger partial charge in [-0.15, -0.1) is 0 Å². The highest BCUT2D eigenvalue weighted by atomic mass is 16.5. The van der Waals surface area contributed by atoms with Gasteiger partial charge in [0.15, 0.2) is 0 Å². The number of anilines is 1. The second kappa shape index (κ2) is 7.05. The number of pyridine rings is 1. The van der Waals surface area contributed by atoms with Crippen molar-refractivity contribution in [3.05, 3.63) is 42.7 Å². The topological polar surface area (TPSA) is 76.1 Å². The monoisotopic (exact) mass is 286 g/mol. The fourth-order valence-electron chi connectivity index (χ4n) is 2.44. The molecule has 3 rings (SSSR count). The molecule has 1 atom stereocenters. The first-order chi connectivity index (χ1) is 10.4. The Bertz CT molecular complexity index is 532. The molecule has 2 aromatic rings. The third kappa shape index (κ3) is 3.71. The lowest BCUT2D eigenvalue weighted by molar-refractivity contribution is 0.0186. The number of morpholine rings is 1. The van der Waals surface area contributed by atoms with Crippen LogP contribution in [0.5, 0.6) is 0 Å². The zero-order valence-electron chi connectivity index (χ0n) is 11.7. The van der Waals surface area contributed by atoms with Crippen LogP contribution in [-0.4, -0.2) is 57.7 Å². The summed E-state index contributed by atoms with van der Waals surface area (Å²) in [7, 11) is 0. The molecule has 0 saturated carbocycles. The summed E-state index contributed by atoms with van der Waals surface area (Å²) in [5.41, 5.74) is 1.18. The normalized spacial score (nSPS) is 17.3. The van der Waals surface area contributed by atoms with Crippen LogP contribution in [0.1, 0.15) is 11.6 Å². The summed E-state index contributed by atoms with van der Waals surface area (Å²) >= 11 is 0. The Balaban J connectivity index is 1.72. The van der Waals surface area contributed by atoms with E-state index >= 15 is 0 Å². The van der Waals surface area contributed by atoms with Crippen molar-refractivity contribution in [2.24, 2.45) is 0 Å². The Morgan fingerprint density at radius 1 is 1.19 bits per heavy atom. The van der Waals surface area contributed by atoms with Gasteiger partial charge in [-0.3, -0.25) is 9.88 Å². The first-order valence-corrected chi connectivity index (χ1v) is 7.01. The van der Waals surface area contributed by atoms with Gasteiger partial charge in [-0.25, -0.2) is 15.0 Å². The summed E-state index contributed by atoms with van der Waals surface area (Å²) in [6.45, 7) is 4.08. The van der Waals surface area contributed by atoms with Gasteiger partial charge in [0.05, 0.1) is 19.3 Å². The zero-order valence-corrected chi connectivity index (χ0v) is 11.7. The van der Waals surface area contributed by atoms with Gasteiger partial charge in [0, 0.05) is 32.0 Å². The van der Waals surface area contributed by atoms with E-state index in [2.05, 4.69) is 36.2 Å². The molecule has 0 aliphatic carbocycles. The van der Waals surface area contributed by atoms with Crippen LogP contribution in [0.15, 0.2) is 37.2 Å². The predicted molar refractivity (Wildman–Crippen MR) is 77.7 cm³/mol. The Morgan fingerprint density at radius 3 is 2.71 bits per heavy atom. The molecule has 1 N–H and O–H groups in total. The molecule has 1 saturated heterocycles. The van der Waals surface area contributed by atoms with Crippen LogP contribution in [0, 0.1) is 0 Å². The maximum absolute atomic E-state index is 5.44. The highest BCUT2D eigenvalue weighted by Gasteiger charge is 2.22. The van der Waals surface area contributed by atoms with E-state index in [0.717, 1.165) is 32.8 Å². The number of hydrogen-bond acceptors (Lipinski definition) is 7. The molecule has 0 radical (unpaired) electrons. The molecule has 0 unspecified atom stereocenters. The van der Waals surface area contributed by atoms with Crippen molar-refractivity contribution >= 4 is 5.95 Å². The van der Waals surface area contributed by atoms with E-state index in [9.17, 15) is 0 Å². The molecule has 1 fully saturated rings. The van der Waals surface area contributed by atoms with Crippen LogP contribution in [0.4, 0.5) is 5.95 Å². The molecule has 110 valence electrons. The minimum atomic E-state index is 0.222. The third-order valence-electron chi connectivity index (χ3n) is 3.50. The molecule has 1 aliphatic rings. The van der Waals surface area contributed by atoms with Crippen LogP contribution in [-0.2, 0) is 4.74 Å². The summed E-state index contributed by atoms with van der Waals surface area (Å²) in [5.74, 6) is 0.590. The van der Waals surface area contributed by atoms with Gasteiger partial charge in [0.1, 0.15) is 12.7 Å². The van der Waals surface area contributed by atoms with E-state index in [4.69, 9.17) is 4.74 Å². The van der Waals surface area contributed by atoms with Crippen molar-refractivity contribution in [2.45, 2.75) is 6.04 Å². The standard InChI is InChI=1S/C14H18N6O/c1-2-12(8-15-3-1)13(20-4-6-21-7-5-20)9-17-14-18-10-16-11-19-14/h1-3,8,10-11,13H,4-7,9H2,(H,16,17,18,19)/t13-/m0/s1. The average Bonchev–Trinajstić information content (AvgIpc) is 2.58. The minimum Gasteiger partial charge on any atom is -0.379 e. The largest absolute Gasteiger partial charge is 0.379 e. The summed E-state index contributed by atoms with van der Waals surface area (Å²) in [5, 5.41) is 3.27. The lowest BCUT2D eigenvalue weighted by atomic mass is 10.1. The molecule has 0 spiro atoms. The third-order valence-corrected chi connectivity index (χ3v) is 3.50. The molecule has 0 aromatic carbocycles. The summed E-state index contributed by atoms with van der Waals surface area (Å²) in [6.07, 6.45) is 6.68. The smallest absolute Gasteiger partial charge is 0.225 e. The van der Waals surface area contributed by atoms with E-state index in [-0.39, 0.29) is 6.04 Å². The Morgan fingerprint density at radius 2 is 2.00 bits per heavy atom. The summed E-state index contributed by atoms with van der Waals surface area (Å²) in [4.78, 5) is 18.6. The molecule has 3 heterocycles. The molecule has 7 nitrogen and oxygen atoms in total. The van der Waals surface area contributed by atoms with Crippen LogP contribution >= 0.6 is 0 Å². The second-order valence-electron chi connectivity index (χ2n) is 4.79. The zero-order chi connectivity index (χ0) is 14.3. The van der Waals surface area contributed by atoms with Crippen molar-refractivity contribution in [1.29, 1.82) is 0 Å². The summed E-state index contributed by atoms with van der Waals surface area (Å²) < 4.78 is 5.44. The molecule has 0 bridgehead atoms. The van der Waals surface area contributed by atoms with Gasteiger partial charge in [0.25, 0.3) is 0 Å². The van der Waals surface area contributed by atoms with Crippen molar-refractivity contribution < 1.29 is 4.74 Å². The quantitative estimate of drug-likeness (QED) is 0.869. The lowest BCUT2D eigenvalue weighted by Crippen LogP contribution is -2.41. The number of hydrogen-bond donors (Lipinski definition) is 1. The highest BCUT2D eigenvalue weighted by molar-refractivity contribution is 5.24. The lowest BCUT2D eigenvalue weighted by Gasteiger charge is -2.34. The second-order valence-corrected chi connectivity index (χ2v) is 4.79. The molecule has 7 heteroatoms. The van der Waals surface area contributed by atoms with E-state index in [0.29, 0.717) is 5.95 Å². The number of nitrogens with one attached hydrogen (secondary N) is 1. The molecule has 21 heavy (non-hydrogen) atoms. The SMILES string of the molecule is c1cncc([C@H](CNc2ncncn2)N2CCOCC2)c1. The predicted octanol–water partition coefficient (Wildman–Crippen LogP) is 0.752. The number of rotatable bonds is 5. The maximum Gasteiger partial charge on any atom is 0.225 e. The van der Waals surface area contributed by atoms with E-state index in [1.165, 1.54) is 18.2 Å². The van der Waals surface area contributed by atoms with E-state index in [1.807, 2.05) is 12.3 Å². The minimum absolute atomic E-state index is 0.222. The van der Waals surface area contributed by atoms with Gasteiger partial charge in [0.2, 0.25) is 5.95 Å². The Kier molecular flexibility index (Phi) is 4.65. The fourth-order valence-corrected chi connectivity index (χ4v) is 2.44. The van der Waals surface area contributed by atoms with Crippen molar-refractivity contribution in [1.82, 2.24) is 24.8 Å². The highest BCUT2D eigenvalue weighted by Crippen LogP contribution is 2.21. The Hall–Kier alpha value is -2.12. The van der Waals surface area contributed by atoms with Gasteiger partial charge in [-0.05, 0) is 11.6 Å². The van der Waals surface area contributed by atoms with Crippen LogP contribution < -0.4 is 5.32 Å². The van der Waals surface area contributed by atoms with E-state index in [1.54, 1.807) is 6.20 Å². The molecular weight excluding hydrogens is 268 g/mol. The molecule has 2 aromatic heterocycles. The van der Waals surface area contributed by atoms with Crippen molar-refractivity contribution in [3.8, 4) is 0 Å². The van der Waals surface area contributed by atoms with E-state index < -0.39 is 0 Å². The van der Waals surface area contributed by atoms with Crippen LogP contribution in [0.2, 0.25) is 0 Å². The van der Waals surface area contributed by atoms with Gasteiger partial charge in [-0.2, -0.15) is 0 Å².